The van der Waals surface area contributed by atoms with E-state index in [1.165, 1.54) is 19.3 Å². The number of aromatic nitrogens is 2. The summed E-state index contributed by atoms with van der Waals surface area (Å²) in [5.41, 5.74) is 3.12. The molecule has 19 heavy (non-hydrogen) atoms. The van der Waals surface area contributed by atoms with Gasteiger partial charge in [-0.25, -0.2) is 15.8 Å². The van der Waals surface area contributed by atoms with Crippen molar-refractivity contribution >= 4 is 11.6 Å². The van der Waals surface area contributed by atoms with Crippen molar-refractivity contribution in [2.75, 3.05) is 23.4 Å². The van der Waals surface area contributed by atoms with E-state index in [4.69, 9.17) is 5.84 Å². The van der Waals surface area contributed by atoms with Crippen LogP contribution in [0.2, 0.25) is 0 Å². The number of hydrogen-bond acceptors (Lipinski definition) is 5. The Bertz CT molecular complexity index is 402. The average Bonchev–Trinajstić information content (AvgIpc) is 2.47. The molecular weight excluding hydrogens is 238 g/mol. The molecule has 0 saturated carbocycles. The van der Waals surface area contributed by atoms with Crippen molar-refractivity contribution in [3.63, 3.8) is 0 Å². The first kappa shape index (κ1) is 14.1. The molecule has 2 heterocycles. The van der Waals surface area contributed by atoms with Crippen molar-refractivity contribution < 1.29 is 0 Å². The molecular formula is C14H25N5. The third-order valence-corrected chi connectivity index (χ3v) is 4.37. The standard InChI is InChI=1S/C14H25N5/c1-4-11-16-12(18-15)10-13(17-11)19-8-6-14(3,5-2)7-9-19/h10H,4-9,15H2,1-3H3,(H,16,17,18). The van der Waals surface area contributed by atoms with Crippen molar-refractivity contribution in [3.05, 3.63) is 11.9 Å². The largest absolute Gasteiger partial charge is 0.356 e. The van der Waals surface area contributed by atoms with Crippen LogP contribution in [0, 0.1) is 5.41 Å². The van der Waals surface area contributed by atoms with E-state index in [1.54, 1.807) is 0 Å². The summed E-state index contributed by atoms with van der Waals surface area (Å²) in [6.07, 6.45) is 4.52. The predicted octanol–water partition coefficient (Wildman–Crippen LogP) is 2.34. The lowest BCUT2D eigenvalue weighted by Gasteiger charge is -2.39. The lowest BCUT2D eigenvalue weighted by molar-refractivity contribution is 0.237. The quantitative estimate of drug-likeness (QED) is 0.644. The third kappa shape index (κ3) is 3.15. The molecule has 0 amide bonds. The van der Waals surface area contributed by atoms with Gasteiger partial charge in [-0.3, -0.25) is 0 Å². The fourth-order valence-electron chi connectivity index (χ4n) is 2.51. The Balaban J connectivity index is 2.14. The van der Waals surface area contributed by atoms with E-state index in [0.29, 0.717) is 11.2 Å². The number of nitrogens with zero attached hydrogens (tertiary/aromatic N) is 3. The third-order valence-electron chi connectivity index (χ3n) is 4.37. The zero-order valence-corrected chi connectivity index (χ0v) is 12.2. The SMILES string of the molecule is CCc1nc(NN)cc(N2CCC(C)(CC)CC2)n1. The highest BCUT2D eigenvalue weighted by Gasteiger charge is 2.29. The minimum absolute atomic E-state index is 0.492. The highest BCUT2D eigenvalue weighted by Crippen LogP contribution is 2.35. The van der Waals surface area contributed by atoms with Crippen molar-refractivity contribution in [2.24, 2.45) is 11.3 Å². The summed E-state index contributed by atoms with van der Waals surface area (Å²) in [6.45, 7) is 8.85. The monoisotopic (exact) mass is 263 g/mol. The molecule has 0 radical (unpaired) electrons. The summed E-state index contributed by atoms with van der Waals surface area (Å²) in [5, 5.41) is 0. The van der Waals surface area contributed by atoms with Crippen LogP contribution in [0.15, 0.2) is 6.07 Å². The fourth-order valence-corrected chi connectivity index (χ4v) is 2.51. The van der Waals surface area contributed by atoms with Gasteiger partial charge < -0.3 is 10.3 Å². The number of nitrogens with two attached hydrogens (primary N) is 1. The lowest BCUT2D eigenvalue weighted by atomic mass is 9.78. The van der Waals surface area contributed by atoms with Crippen molar-refractivity contribution in [3.8, 4) is 0 Å². The molecule has 0 aromatic carbocycles. The molecule has 0 atom stereocenters. The Morgan fingerprint density at radius 2 is 2.00 bits per heavy atom. The molecule has 1 fully saturated rings. The Labute approximate surface area is 115 Å². The van der Waals surface area contributed by atoms with Crippen molar-refractivity contribution in [1.82, 2.24) is 9.97 Å². The van der Waals surface area contributed by atoms with Gasteiger partial charge in [-0.2, -0.15) is 0 Å². The maximum atomic E-state index is 5.48. The predicted molar refractivity (Wildman–Crippen MR) is 79.1 cm³/mol. The van der Waals surface area contributed by atoms with E-state index in [1.807, 2.05) is 6.07 Å². The Morgan fingerprint density at radius 3 is 2.53 bits per heavy atom. The highest BCUT2D eigenvalue weighted by molar-refractivity contribution is 5.49. The molecule has 1 aliphatic heterocycles. The normalized spacial score (nSPS) is 18.4. The molecule has 0 spiro atoms. The second kappa shape index (κ2) is 5.74. The highest BCUT2D eigenvalue weighted by atomic mass is 15.3. The van der Waals surface area contributed by atoms with Crippen LogP contribution in [-0.2, 0) is 6.42 Å². The smallest absolute Gasteiger partial charge is 0.145 e. The summed E-state index contributed by atoms with van der Waals surface area (Å²) in [7, 11) is 0. The number of aryl methyl sites for hydroxylation is 1. The van der Waals surface area contributed by atoms with Gasteiger partial charge in [-0.15, -0.1) is 0 Å². The van der Waals surface area contributed by atoms with E-state index in [9.17, 15) is 0 Å². The number of nitrogen functional groups attached to an aromatic ring is 1. The number of hydrogen-bond donors (Lipinski definition) is 2. The second-order valence-corrected chi connectivity index (χ2v) is 5.68. The first-order chi connectivity index (χ1) is 9.10. The van der Waals surface area contributed by atoms with Gasteiger partial charge >= 0.3 is 0 Å². The van der Waals surface area contributed by atoms with Gasteiger partial charge in [-0.1, -0.05) is 27.2 Å². The first-order valence-corrected chi connectivity index (χ1v) is 7.19. The van der Waals surface area contributed by atoms with Crippen LogP contribution in [0.3, 0.4) is 0 Å². The molecule has 1 aromatic heterocycles. The summed E-state index contributed by atoms with van der Waals surface area (Å²) >= 11 is 0. The van der Waals surface area contributed by atoms with Crippen LogP contribution >= 0.6 is 0 Å². The van der Waals surface area contributed by atoms with Gasteiger partial charge in [-0.05, 0) is 18.3 Å². The van der Waals surface area contributed by atoms with Gasteiger partial charge in [0.05, 0.1) is 0 Å². The van der Waals surface area contributed by atoms with Crippen LogP contribution < -0.4 is 16.2 Å². The van der Waals surface area contributed by atoms with Crippen LogP contribution in [0.25, 0.3) is 0 Å². The molecule has 0 bridgehead atoms. The number of hydrazine groups is 1. The van der Waals surface area contributed by atoms with Gasteiger partial charge in [0.15, 0.2) is 0 Å². The molecule has 1 aromatic rings. The number of anilines is 2. The zero-order valence-electron chi connectivity index (χ0n) is 12.2. The molecule has 106 valence electrons. The minimum atomic E-state index is 0.492. The molecule has 1 aliphatic rings. The molecule has 0 unspecified atom stereocenters. The molecule has 5 nitrogen and oxygen atoms in total. The number of rotatable bonds is 4. The van der Waals surface area contributed by atoms with Gasteiger partial charge in [0, 0.05) is 25.6 Å². The van der Waals surface area contributed by atoms with E-state index in [2.05, 4.69) is 41.1 Å². The van der Waals surface area contributed by atoms with Crippen LogP contribution in [0.4, 0.5) is 11.6 Å². The van der Waals surface area contributed by atoms with Gasteiger partial charge in [0.1, 0.15) is 17.5 Å². The minimum Gasteiger partial charge on any atom is -0.356 e. The van der Waals surface area contributed by atoms with Crippen LogP contribution in [0.1, 0.15) is 45.9 Å². The van der Waals surface area contributed by atoms with E-state index in [0.717, 1.165) is 31.2 Å². The molecule has 0 aliphatic carbocycles. The first-order valence-electron chi connectivity index (χ1n) is 7.19. The van der Waals surface area contributed by atoms with Crippen molar-refractivity contribution in [1.29, 1.82) is 0 Å². The molecule has 2 rings (SSSR count). The number of piperidine rings is 1. The summed E-state index contributed by atoms with van der Waals surface area (Å²) in [4.78, 5) is 11.3. The van der Waals surface area contributed by atoms with E-state index in [-0.39, 0.29) is 0 Å². The van der Waals surface area contributed by atoms with E-state index < -0.39 is 0 Å². The van der Waals surface area contributed by atoms with E-state index >= 15 is 0 Å². The summed E-state index contributed by atoms with van der Waals surface area (Å²) in [5.74, 6) is 8.02. The second-order valence-electron chi connectivity index (χ2n) is 5.68. The van der Waals surface area contributed by atoms with Crippen LogP contribution in [-0.4, -0.2) is 23.1 Å². The Kier molecular flexibility index (Phi) is 4.24. The average molecular weight is 263 g/mol. The molecule has 5 heteroatoms. The summed E-state index contributed by atoms with van der Waals surface area (Å²) < 4.78 is 0. The van der Waals surface area contributed by atoms with Gasteiger partial charge in [0.2, 0.25) is 0 Å². The summed E-state index contributed by atoms with van der Waals surface area (Å²) in [6, 6.07) is 1.94. The maximum Gasteiger partial charge on any atom is 0.145 e. The molecule has 1 saturated heterocycles. The topological polar surface area (TPSA) is 67.1 Å². The fraction of sp³-hybridized carbons (Fsp3) is 0.714. The Morgan fingerprint density at radius 1 is 1.32 bits per heavy atom. The lowest BCUT2D eigenvalue weighted by Crippen LogP contribution is -2.39. The molecule has 3 N–H and O–H groups in total. The van der Waals surface area contributed by atoms with Gasteiger partial charge in [0.25, 0.3) is 0 Å². The Hall–Kier alpha value is -1.36. The number of nitrogens with one attached hydrogen (secondary N) is 1. The zero-order chi connectivity index (χ0) is 13.9. The van der Waals surface area contributed by atoms with Crippen molar-refractivity contribution in [2.45, 2.75) is 46.5 Å². The van der Waals surface area contributed by atoms with Crippen LogP contribution in [0.5, 0.6) is 0 Å². The maximum absolute atomic E-state index is 5.48.